The number of hydrogen-bond donors (Lipinski definition) is 2. The molecule has 0 saturated heterocycles. The van der Waals surface area contributed by atoms with Crippen molar-refractivity contribution >= 4 is 17.6 Å². The van der Waals surface area contributed by atoms with Crippen molar-refractivity contribution in [1.29, 1.82) is 0 Å². The van der Waals surface area contributed by atoms with E-state index in [-0.39, 0.29) is 5.56 Å². The van der Waals surface area contributed by atoms with E-state index in [0.29, 0.717) is 23.8 Å². The average Bonchev–Trinajstić information content (AvgIpc) is 2.71. The molecule has 0 aliphatic carbocycles. The number of nitrogens with one attached hydrogen (secondary N) is 1. The Morgan fingerprint density at radius 2 is 2.26 bits per heavy atom. The average molecular weight is 280 g/mol. The minimum absolute atomic E-state index is 0.223. The fourth-order valence-corrected chi connectivity index (χ4v) is 2.04. The third-order valence-corrected chi connectivity index (χ3v) is 3.04. The van der Waals surface area contributed by atoms with Gasteiger partial charge in [0.1, 0.15) is 5.56 Å². The maximum Gasteiger partial charge on any atom is 0.339 e. The van der Waals surface area contributed by atoms with Gasteiger partial charge in [-0.2, -0.15) is 5.10 Å². The zero-order chi connectivity index (χ0) is 13.8. The van der Waals surface area contributed by atoms with Gasteiger partial charge in [0.2, 0.25) is 0 Å². The summed E-state index contributed by atoms with van der Waals surface area (Å²) in [5, 5.41) is 16.9. The standard InChI is InChI=1S/C13H14ClN3O2/c1-17-12(11(7-16-17)13(18)19)8-15-6-9-3-2-4-10(14)5-9/h2-5,7,15H,6,8H2,1H3,(H,18,19). The predicted octanol–water partition coefficient (Wildman–Crippen LogP) is 2.06. The number of carboxylic acids is 1. The van der Waals surface area contributed by atoms with Gasteiger partial charge in [0.15, 0.2) is 0 Å². The predicted molar refractivity (Wildman–Crippen MR) is 72.2 cm³/mol. The van der Waals surface area contributed by atoms with E-state index in [1.807, 2.05) is 24.3 Å². The Bertz CT molecular complexity index is 595. The number of hydrogen-bond acceptors (Lipinski definition) is 3. The van der Waals surface area contributed by atoms with E-state index in [0.717, 1.165) is 5.56 Å². The molecule has 5 nitrogen and oxygen atoms in total. The molecule has 0 aliphatic heterocycles. The minimum atomic E-state index is -0.965. The van der Waals surface area contributed by atoms with Crippen LogP contribution < -0.4 is 5.32 Å². The maximum absolute atomic E-state index is 11.0. The molecule has 0 atom stereocenters. The summed E-state index contributed by atoms with van der Waals surface area (Å²) >= 11 is 5.90. The van der Waals surface area contributed by atoms with Crippen LogP contribution in [0.15, 0.2) is 30.5 Å². The Morgan fingerprint density at radius 3 is 2.95 bits per heavy atom. The maximum atomic E-state index is 11.0. The lowest BCUT2D eigenvalue weighted by atomic mass is 10.2. The molecular formula is C13H14ClN3O2. The molecule has 1 heterocycles. The molecule has 0 bridgehead atoms. The van der Waals surface area contributed by atoms with Crippen molar-refractivity contribution in [2.75, 3.05) is 0 Å². The number of carbonyl (C=O) groups is 1. The third-order valence-electron chi connectivity index (χ3n) is 2.80. The summed E-state index contributed by atoms with van der Waals surface area (Å²) in [6, 6.07) is 7.52. The fourth-order valence-electron chi connectivity index (χ4n) is 1.82. The Hall–Kier alpha value is -1.85. The lowest BCUT2D eigenvalue weighted by Crippen LogP contribution is -2.17. The van der Waals surface area contributed by atoms with Gasteiger partial charge in [-0.05, 0) is 17.7 Å². The van der Waals surface area contributed by atoms with Gasteiger partial charge in [0.25, 0.3) is 0 Å². The molecule has 2 aromatic rings. The molecule has 2 N–H and O–H groups in total. The first-order chi connectivity index (χ1) is 9.08. The van der Waals surface area contributed by atoms with E-state index in [9.17, 15) is 4.79 Å². The van der Waals surface area contributed by atoms with Crippen LogP contribution in [0.2, 0.25) is 5.02 Å². The highest BCUT2D eigenvalue weighted by Crippen LogP contribution is 2.11. The van der Waals surface area contributed by atoms with Crippen molar-refractivity contribution in [3.05, 3.63) is 52.3 Å². The summed E-state index contributed by atoms with van der Waals surface area (Å²) in [4.78, 5) is 11.0. The Morgan fingerprint density at radius 1 is 1.47 bits per heavy atom. The molecule has 100 valence electrons. The van der Waals surface area contributed by atoms with Crippen LogP contribution in [-0.2, 0) is 20.1 Å². The van der Waals surface area contributed by atoms with Crippen LogP contribution in [0.5, 0.6) is 0 Å². The zero-order valence-corrected chi connectivity index (χ0v) is 11.2. The summed E-state index contributed by atoms with van der Waals surface area (Å²) in [6.45, 7) is 1.05. The first kappa shape index (κ1) is 13.6. The molecule has 0 spiro atoms. The Balaban J connectivity index is 2.00. The summed E-state index contributed by atoms with van der Waals surface area (Å²) in [5.74, 6) is -0.965. The number of carboxylic acid groups (broad SMARTS) is 1. The van der Waals surface area contributed by atoms with Gasteiger partial charge in [-0.3, -0.25) is 4.68 Å². The van der Waals surface area contributed by atoms with E-state index in [4.69, 9.17) is 16.7 Å². The van der Waals surface area contributed by atoms with Crippen LogP contribution >= 0.6 is 11.6 Å². The molecule has 0 saturated carbocycles. The molecule has 6 heteroatoms. The topological polar surface area (TPSA) is 67.2 Å². The van der Waals surface area contributed by atoms with Crippen LogP contribution in [0.25, 0.3) is 0 Å². The van der Waals surface area contributed by atoms with Crippen LogP contribution in [0, 0.1) is 0 Å². The van der Waals surface area contributed by atoms with Gasteiger partial charge in [-0.15, -0.1) is 0 Å². The summed E-state index contributed by atoms with van der Waals surface area (Å²) in [6.07, 6.45) is 1.36. The van der Waals surface area contributed by atoms with E-state index in [2.05, 4.69) is 10.4 Å². The van der Waals surface area contributed by atoms with Gasteiger partial charge in [0.05, 0.1) is 11.9 Å². The van der Waals surface area contributed by atoms with Crippen LogP contribution in [0.4, 0.5) is 0 Å². The molecule has 0 unspecified atom stereocenters. The quantitative estimate of drug-likeness (QED) is 0.879. The molecule has 0 fully saturated rings. The first-order valence-corrected chi connectivity index (χ1v) is 6.15. The zero-order valence-electron chi connectivity index (χ0n) is 10.4. The van der Waals surface area contributed by atoms with Gasteiger partial charge in [-0.25, -0.2) is 4.79 Å². The van der Waals surface area contributed by atoms with E-state index in [1.54, 1.807) is 11.7 Å². The molecule has 19 heavy (non-hydrogen) atoms. The molecule has 1 aromatic carbocycles. The number of aryl methyl sites for hydroxylation is 1. The lowest BCUT2D eigenvalue weighted by Gasteiger charge is -2.07. The Kier molecular flexibility index (Phi) is 4.19. The van der Waals surface area contributed by atoms with Gasteiger partial charge < -0.3 is 10.4 Å². The van der Waals surface area contributed by atoms with Crippen molar-refractivity contribution in [2.24, 2.45) is 7.05 Å². The number of aromatic nitrogens is 2. The highest BCUT2D eigenvalue weighted by Gasteiger charge is 2.14. The second-order valence-corrected chi connectivity index (χ2v) is 4.60. The van der Waals surface area contributed by atoms with Crippen LogP contribution in [0.3, 0.4) is 0 Å². The molecular weight excluding hydrogens is 266 g/mol. The van der Waals surface area contributed by atoms with E-state index >= 15 is 0 Å². The van der Waals surface area contributed by atoms with Crippen molar-refractivity contribution in [3.8, 4) is 0 Å². The monoisotopic (exact) mass is 279 g/mol. The first-order valence-electron chi connectivity index (χ1n) is 5.77. The molecule has 0 radical (unpaired) electrons. The lowest BCUT2D eigenvalue weighted by molar-refractivity contribution is 0.0695. The van der Waals surface area contributed by atoms with Gasteiger partial charge in [0, 0.05) is 25.2 Å². The molecule has 0 aliphatic rings. The number of benzene rings is 1. The summed E-state index contributed by atoms with van der Waals surface area (Å²) < 4.78 is 1.56. The molecule has 2 rings (SSSR count). The fraction of sp³-hybridized carbons (Fsp3) is 0.231. The highest BCUT2D eigenvalue weighted by atomic mass is 35.5. The molecule has 0 amide bonds. The normalized spacial score (nSPS) is 10.6. The third kappa shape index (κ3) is 3.33. The van der Waals surface area contributed by atoms with Crippen molar-refractivity contribution in [1.82, 2.24) is 15.1 Å². The van der Waals surface area contributed by atoms with E-state index < -0.39 is 5.97 Å². The van der Waals surface area contributed by atoms with Gasteiger partial charge in [-0.1, -0.05) is 23.7 Å². The largest absolute Gasteiger partial charge is 0.478 e. The number of halogens is 1. The second kappa shape index (κ2) is 5.86. The number of rotatable bonds is 5. The highest BCUT2D eigenvalue weighted by molar-refractivity contribution is 6.30. The number of aromatic carboxylic acids is 1. The van der Waals surface area contributed by atoms with Gasteiger partial charge >= 0.3 is 5.97 Å². The van der Waals surface area contributed by atoms with Crippen molar-refractivity contribution < 1.29 is 9.90 Å². The summed E-state index contributed by atoms with van der Waals surface area (Å²) in [7, 11) is 1.73. The molecule has 1 aromatic heterocycles. The Labute approximate surface area is 115 Å². The number of nitrogens with zero attached hydrogens (tertiary/aromatic N) is 2. The summed E-state index contributed by atoms with van der Waals surface area (Å²) in [5.41, 5.74) is 1.92. The van der Waals surface area contributed by atoms with E-state index in [1.165, 1.54) is 6.20 Å². The van der Waals surface area contributed by atoms with Crippen LogP contribution in [0.1, 0.15) is 21.6 Å². The second-order valence-electron chi connectivity index (χ2n) is 4.17. The van der Waals surface area contributed by atoms with Crippen LogP contribution in [-0.4, -0.2) is 20.9 Å². The van der Waals surface area contributed by atoms with Crippen molar-refractivity contribution in [3.63, 3.8) is 0 Å². The SMILES string of the molecule is Cn1ncc(C(=O)O)c1CNCc1cccc(Cl)c1. The smallest absolute Gasteiger partial charge is 0.339 e. The van der Waals surface area contributed by atoms with Crippen molar-refractivity contribution in [2.45, 2.75) is 13.1 Å². The minimum Gasteiger partial charge on any atom is -0.478 e.